The van der Waals surface area contributed by atoms with E-state index in [9.17, 15) is 0 Å². The fourth-order valence-corrected chi connectivity index (χ4v) is 2.03. The van der Waals surface area contributed by atoms with Crippen LogP contribution in [0.2, 0.25) is 0 Å². The lowest BCUT2D eigenvalue weighted by Gasteiger charge is -2.04. The molecule has 0 atom stereocenters. The Labute approximate surface area is 69.9 Å². The summed E-state index contributed by atoms with van der Waals surface area (Å²) in [6.45, 7) is 0. The monoisotopic (exact) mass is 167 g/mol. The molecule has 0 aliphatic carbocycles. The standard InChI is InChI=1S/C8H9NOS/c1-10-6-3-2-4-7-8(6)9-5-11-7/h2-4,9H,5H2,1H3. The average molecular weight is 167 g/mol. The number of fused-ring (bicyclic) bond motifs is 1. The van der Waals surface area contributed by atoms with Gasteiger partial charge in [0.25, 0.3) is 0 Å². The van der Waals surface area contributed by atoms with Crippen molar-refractivity contribution in [1.82, 2.24) is 0 Å². The Morgan fingerprint density at radius 2 is 2.45 bits per heavy atom. The fraction of sp³-hybridized carbons (Fsp3) is 0.250. The van der Waals surface area contributed by atoms with Crippen molar-refractivity contribution < 1.29 is 4.74 Å². The molecule has 0 saturated carbocycles. The molecule has 2 nitrogen and oxygen atoms in total. The molecule has 0 bridgehead atoms. The molecule has 1 aromatic carbocycles. The zero-order chi connectivity index (χ0) is 7.68. The lowest BCUT2D eigenvalue weighted by atomic mass is 10.3. The molecule has 0 unspecified atom stereocenters. The minimum Gasteiger partial charge on any atom is -0.495 e. The molecule has 1 aliphatic rings. The molecule has 3 heteroatoms. The van der Waals surface area contributed by atoms with Crippen molar-refractivity contribution in [3.63, 3.8) is 0 Å². The highest BCUT2D eigenvalue weighted by Gasteiger charge is 2.13. The van der Waals surface area contributed by atoms with Crippen LogP contribution < -0.4 is 10.1 Å². The summed E-state index contributed by atoms with van der Waals surface area (Å²) in [7, 11) is 1.69. The lowest BCUT2D eigenvalue weighted by molar-refractivity contribution is 0.416. The molecular formula is C8H9NOS. The molecule has 11 heavy (non-hydrogen) atoms. The van der Waals surface area contributed by atoms with E-state index >= 15 is 0 Å². The van der Waals surface area contributed by atoms with Crippen molar-refractivity contribution in [1.29, 1.82) is 0 Å². The van der Waals surface area contributed by atoms with Gasteiger partial charge in [0.05, 0.1) is 18.7 Å². The molecule has 0 amide bonds. The van der Waals surface area contributed by atoms with E-state index in [0.717, 1.165) is 17.3 Å². The van der Waals surface area contributed by atoms with Crippen LogP contribution in [0.1, 0.15) is 0 Å². The topological polar surface area (TPSA) is 21.3 Å². The lowest BCUT2D eigenvalue weighted by Crippen LogP contribution is -1.92. The van der Waals surface area contributed by atoms with E-state index in [1.54, 1.807) is 18.9 Å². The van der Waals surface area contributed by atoms with Gasteiger partial charge in [-0.05, 0) is 12.1 Å². The Bertz CT molecular complexity index is 275. The second-order valence-electron chi connectivity index (χ2n) is 2.30. The maximum Gasteiger partial charge on any atom is 0.143 e. The maximum absolute atomic E-state index is 5.18. The van der Waals surface area contributed by atoms with Crippen LogP contribution in [-0.2, 0) is 0 Å². The van der Waals surface area contributed by atoms with Crippen LogP contribution in [0.4, 0.5) is 5.69 Å². The Balaban J connectivity index is 2.50. The Morgan fingerprint density at radius 1 is 1.55 bits per heavy atom. The summed E-state index contributed by atoms with van der Waals surface area (Å²) in [5.74, 6) is 1.89. The number of rotatable bonds is 1. The molecule has 58 valence electrons. The molecule has 0 fully saturated rings. The van der Waals surface area contributed by atoms with Crippen LogP contribution in [0.3, 0.4) is 0 Å². The summed E-state index contributed by atoms with van der Waals surface area (Å²) < 4.78 is 5.18. The second kappa shape index (κ2) is 2.66. The van der Waals surface area contributed by atoms with Crippen LogP contribution in [0.25, 0.3) is 0 Å². The smallest absolute Gasteiger partial charge is 0.143 e. The molecule has 1 heterocycles. The molecule has 0 spiro atoms. The van der Waals surface area contributed by atoms with Gasteiger partial charge in [0.15, 0.2) is 0 Å². The minimum atomic E-state index is 0.938. The van der Waals surface area contributed by atoms with Gasteiger partial charge < -0.3 is 10.1 Å². The number of benzene rings is 1. The van der Waals surface area contributed by atoms with Crippen molar-refractivity contribution in [3.05, 3.63) is 18.2 Å². The number of anilines is 1. The molecule has 0 aromatic heterocycles. The summed E-state index contributed by atoms with van der Waals surface area (Å²) in [6, 6.07) is 6.08. The summed E-state index contributed by atoms with van der Waals surface area (Å²) >= 11 is 1.81. The van der Waals surface area contributed by atoms with E-state index < -0.39 is 0 Å². The molecule has 1 aliphatic heterocycles. The first kappa shape index (κ1) is 6.85. The van der Waals surface area contributed by atoms with E-state index in [1.807, 2.05) is 12.1 Å². The SMILES string of the molecule is COc1cccc2c1NCS2. The van der Waals surface area contributed by atoms with Gasteiger partial charge in [-0.2, -0.15) is 0 Å². The van der Waals surface area contributed by atoms with E-state index in [-0.39, 0.29) is 0 Å². The number of methoxy groups -OCH3 is 1. The van der Waals surface area contributed by atoms with Gasteiger partial charge in [-0.25, -0.2) is 0 Å². The Hall–Kier alpha value is -0.830. The van der Waals surface area contributed by atoms with Crippen molar-refractivity contribution in [2.45, 2.75) is 4.90 Å². The summed E-state index contributed by atoms with van der Waals surface area (Å²) in [6.07, 6.45) is 0. The van der Waals surface area contributed by atoms with Gasteiger partial charge >= 0.3 is 0 Å². The predicted octanol–water partition coefficient (Wildman–Crippen LogP) is 2.17. The quantitative estimate of drug-likeness (QED) is 0.692. The third-order valence-corrected chi connectivity index (χ3v) is 2.62. The Kier molecular flexibility index (Phi) is 1.66. The number of ether oxygens (including phenoxy) is 1. The number of para-hydroxylation sites is 1. The first-order valence-electron chi connectivity index (χ1n) is 3.45. The van der Waals surface area contributed by atoms with Crippen LogP contribution in [0, 0.1) is 0 Å². The fourth-order valence-electron chi connectivity index (χ4n) is 1.16. The summed E-state index contributed by atoms with van der Waals surface area (Å²) in [4.78, 5) is 1.28. The molecule has 1 aromatic rings. The first-order valence-corrected chi connectivity index (χ1v) is 4.44. The van der Waals surface area contributed by atoms with Crippen LogP contribution in [0.15, 0.2) is 23.1 Å². The molecule has 0 radical (unpaired) electrons. The van der Waals surface area contributed by atoms with Crippen LogP contribution >= 0.6 is 11.8 Å². The zero-order valence-electron chi connectivity index (χ0n) is 6.26. The predicted molar refractivity (Wildman–Crippen MR) is 47.3 cm³/mol. The van der Waals surface area contributed by atoms with Crippen molar-refractivity contribution >= 4 is 17.4 Å². The van der Waals surface area contributed by atoms with Crippen molar-refractivity contribution in [3.8, 4) is 5.75 Å². The normalized spacial score (nSPS) is 13.9. The highest BCUT2D eigenvalue weighted by molar-refractivity contribution is 7.99. The number of thioether (sulfide) groups is 1. The van der Waals surface area contributed by atoms with Gasteiger partial charge in [-0.1, -0.05) is 6.07 Å². The van der Waals surface area contributed by atoms with Crippen LogP contribution in [-0.4, -0.2) is 13.0 Å². The van der Waals surface area contributed by atoms with Gasteiger partial charge in [-0.3, -0.25) is 0 Å². The molecule has 0 saturated heterocycles. The minimum absolute atomic E-state index is 0.938. The third-order valence-electron chi connectivity index (χ3n) is 1.68. The molecule has 1 N–H and O–H groups in total. The van der Waals surface area contributed by atoms with Crippen molar-refractivity contribution in [2.24, 2.45) is 0 Å². The highest BCUT2D eigenvalue weighted by Crippen LogP contribution is 2.39. The van der Waals surface area contributed by atoms with Crippen molar-refractivity contribution in [2.75, 3.05) is 18.3 Å². The summed E-state index contributed by atoms with van der Waals surface area (Å²) in [5.41, 5.74) is 1.14. The second-order valence-corrected chi connectivity index (χ2v) is 3.32. The highest BCUT2D eigenvalue weighted by atomic mass is 32.2. The average Bonchev–Trinajstić information content (AvgIpc) is 2.50. The number of nitrogens with one attached hydrogen (secondary N) is 1. The van der Waals surface area contributed by atoms with Gasteiger partial charge in [0.2, 0.25) is 0 Å². The van der Waals surface area contributed by atoms with E-state index in [2.05, 4.69) is 11.4 Å². The van der Waals surface area contributed by atoms with Gasteiger partial charge in [0, 0.05) is 4.90 Å². The number of hydrogen-bond acceptors (Lipinski definition) is 3. The first-order chi connectivity index (χ1) is 5.42. The van der Waals surface area contributed by atoms with Gasteiger partial charge in [0.1, 0.15) is 5.75 Å². The molecule has 2 rings (SSSR count). The zero-order valence-corrected chi connectivity index (χ0v) is 7.07. The summed E-state index contributed by atoms with van der Waals surface area (Å²) in [5, 5.41) is 3.26. The molecular weight excluding hydrogens is 158 g/mol. The van der Waals surface area contributed by atoms with E-state index in [1.165, 1.54) is 4.90 Å². The van der Waals surface area contributed by atoms with Gasteiger partial charge in [-0.15, -0.1) is 11.8 Å². The van der Waals surface area contributed by atoms with E-state index in [4.69, 9.17) is 4.74 Å². The number of hydrogen-bond donors (Lipinski definition) is 1. The maximum atomic E-state index is 5.18. The third kappa shape index (κ3) is 1.05. The largest absolute Gasteiger partial charge is 0.495 e. The van der Waals surface area contributed by atoms with Crippen LogP contribution in [0.5, 0.6) is 5.75 Å². The van der Waals surface area contributed by atoms with E-state index in [0.29, 0.717) is 0 Å². The Morgan fingerprint density at radius 3 is 3.27 bits per heavy atom.